The number of rotatable bonds is 5. The van der Waals surface area contributed by atoms with Gasteiger partial charge in [-0.05, 0) is 31.9 Å². The lowest BCUT2D eigenvalue weighted by atomic mass is 10.1. The maximum Gasteiger partial charge on any atom is 0.241 e. The summed E-state index contributed by atoms with van der Waals surface area (Å²) in [5.41, 5.74) is 0. The van der Waals surface area contributed by atoms with Crippen LogP contribution in [0.2, 0.25) is 0 Å². The molecule has 0 bridgehead atoms. The number of hydrogen-bond acceptors (Lipinski definition) is 3. The van der Waals surface area contributed by atoms with Crippen LogP contribution in [-0.4, -0.2) is 40.6 Å². The number of thioether (sulfide) groups is 1. The van der Waals surface area contributed by atoms with Crippen LogP contribution in [0.25, 0.3) is 0 Å². The first-order chi connectivity index (χ1) is 8.72. The minimum Gasteiger partial charge on any atom is -0.322 e. The third-order valence-corrected chi connectivity index (χ3v) is 5.49. The molecular weight excluding hydrogens is 244 g/mol. The van der Waals surface area contributed by atoms with E-state index in [0.29, 0.717) is 17.2 Å². The lowest BCUT2D eigenvalue weighted by Crippen LogP contribution is -2.47. The molecule has 1 aliphatic carbocycles. The van der Waals surface area contributed by atoms with Crippen LogP contribution >= 0.6 is 11.8 Å². The van der Waals surface area contributed by atoms with Crippen molar-refractivity contribution in [2.45, 2.75) is 75.9 Å². The SMILES string of the molecule is CCCC1NC(CC)C(=O)N1C1CCCC1SC. The quantitative estimate of drug-likeness (QED) is 0.833. The van der Waals surface area contributed by atoms with Gasteiger partial charge < -0.3 is 4.90 Å². The van der Waals surface area contributed by atoms with Gasteiger partial charge in [0.05, 0.1) is 12.2 Å². The highest BCUT2D eigenvalue weighted by molar-refractivity contribution is 7.99. The van der Waals surface area contributed by atoms with E-state index in [2.05, 4.69) is 30.3 Å². The Balaban J connectivity index is 2.13. The summed E-state index contributed by atoms with van der Waals surface area (Å²) in [6.07, 6.45) is 9.32. The Bertz CT molecular complexity index is 298. The highest BCUT2D eigenvalue weighted by atomic mass is 32.2. The number of nitrogens with zero attached hydrogens (tertiary/aromatic N) is 1. The molecule has 0 aromatic heterocycles. The first-order valence-electron chi connectivity index (χ1n) is 7.33. The second-order valence-electron chi connectivity index (χ2n) is 5.45. The molecule has 4 unspecified atom stereocenters. The van der Waals surface area contributed by atoms with E-state index in [0.717, 1.165) is 19.3 Å². The molecule has 104 valence electrons. The molecule has 1 saturated carbocycles. The van der Waals surface area contributed by atoms with E-state index in [4.69, 9.17) is 0 Å². The summed E-state index contributed by atoms with van der Waals surface area (Å²) < 4.78 is 0. The molecule has 4 atom stereocenters. The van der Waals surface area contributed by atoms with Crippen molar-refractivity contribution in [2.75, 3.05) is 6.26 Å². The van der Waals surface area contributed by atoms with Crippen LogP contribution in [0.5, 0.6) is 0 Å². The van der Waals surface area contributed by atoms with Gasteiger partial charge in [0.15, 0.2) is 0 Å². The Morgan fingerprint density at radius 1 is 1.39 bits per heavy atom. The number of amides is 1. The largest absolute Gasteiger partial charge is 0.322 e. The minimum atomic E-state index is 0.0599. The van der Waals surface area contributed by atoms with E-state index < -0.39 is 0 Å². The third kappa shape index (κ3) is 2.55. The smallest absolute Gasteiger partial charge is 0.241 e. The van der Waals surface area contributed by atoms with Crippen molar-refractivity contribution >= 4 is 17.7 Å². The van der Waals surface area contributed by atoms with Crippen molar-refractivity contribution in [3.63, 3.8) is 0 Å². The molecular formula is C14H26N2OS. The van der Waals surface area contributed by atoms with Gasteiger partial charge in [0, 0.05) is 11.3 Å². The molecule has 0 radical (unpaired) electrons. The van der Waals surface area contributed by atoms with E-state index in [9.17, 15) is 4.79 Å². The minimum absolute atomic E-state index is 0.0599. The van der Waals surface area contributed by atoms with Crippen molar-refractivity contribution in [3.8, 4) is 0 Å². The highest BCUT2D eigenvalue weighted by Crippen LogP contribution is 2.35. The second kappa shape index (κ2) is 6.29. The zero-order valence-corrected chi connectivity index (χ0v) is 12.6. The summed E-state index contributed by atoms with van der Waals surface area (Å²) in [6, 6.07) is 0.526. The van der Waals surface area contributed by atoms with Gasteiger partial charge in [-0.1, -0.05) is 26.7 Å². The average Bonchev–Trinajstić information content (AvgIpc) is 2.94. The third-order valence-electron chi connectivity index (χ3n) is 4.33. The van der Waals surface area contributed by atoms with Crippen molar-refractivity contribution < 1.29 is 4.79 Å². The molecule has 1 aliphatic heterocycles. The lowest BCUT2D eigenvalue weighted by Gasteiger charge is -2.33. The molecule has 0 aromatic rings. The predicted octanol–water partition coefficient (Wildman–Crippen LogP) is 2.61. The fraction of sp³-hybridized carbons (Fsp3) is 0.929. The van der Waals surface area contributed by atoms with Crippen LogP contribution in [0.3, 0.4) is 0 Å². The van der Waals surface area contributed by atoms with Gasteiger partial charge in [0.1, 0.15) is 0 Å². The summed E-state index contributed by atoms with van der Waals surface area (Å²) in [4.78, 5) is 14.7. The molecule has 2 fully saturated rings. The molecule has 2 rings (SSSR count). The summed E-state index contributed by atoms with van der Waals surface area (Å²) in [5, 5.41) is 4.17. The van der Waals surface area contributed by atoms with Gasteiger partial charge in [-0.25, -0.2) is 0 Å². The molecule has 0 spiro atoms. The van der Waals surface area contributed by atoms with E-state index in [1.54, 1.807) is 0 Å². The van der Waals surface area contributed by atoms with Crippen molar-refractivity contribution in [2.24, 2.45) is 0 Å². The van der Waals surface area contributed by atoms with Crippen molar-refractivity contribution in [3.05, 3.63) is 0 Å². The van der Waals surface area contributed by atoms with Crippen LogP contribution in [0.1, 0.15) is 52.4 Å². The lowest BCUT2D eigenvalue weighted by molar-refractivity contribution is -0.132. The van der Waals surface area contributed by atoms with Gasteiger partial charge in [-0.15, -0.1) is 0 Å². The topological polar surface area (TPSA) is 32.3 Å². The van der Waals surface area contributed by atoms with Crippen LogP contribution in [0.4, 0.5) is 0 Å². The first-order valence-corrected chi connectivity index (χ1v) is 8.62. The van der Waals surface area contributed by atoms with E-state index in [-0.39, 0.29) is 12.2 Å². The fourth-order valence-electron chi connectivity index (χ4n) is 3.40. The molecule has 1 amide bonds. The Hall–Kier alpha value is -0.220. The molecule has 1 saturated heterocycles. The molecule has 0 aromatic carbocycles. The van der Waals surface area contributed by atoms with Gasteiger partial charge >= 0.3 is 0 Å². The van der Waals surface area contributed by atoms with Crippen LogP contribution < -0.4 is 5.32 Å². The zero-order chi connectivity index (χ0) is 13.1. The summed E-state index contributed by atoms with van der Waals surface area (Å²) in [5.74, 6) is 0.349. The molecule has 1 heterocycles. The molecule has 1 N–H and O–H groups in total. The maximum atomic E-state index is 12.5. The number of carbonyl (C=O) groups excluding carboxylic acids is 1. The standard InChI is InChI=1S/C14H26N2OS/c1-4-7-13-15-10(5-2)14(17)16(13)11-8-6-9-12(11)18-3/h10-13,15H,4-9H2,1-3H3. The number of carbonyl (C=O) groups is 1. The van der Waals surface area contributed by atoms with Gasteiger partial charge in [0.2, 0.25) is 5.91 Å². The van der Waals surface area contributed by atoms with Crippen LogP contribution in [0.15, 0.2) is 0 Å². The average molecular weight is 270 g/mol. The molecule has 4 heteroatoms. The molecule has 18 heavy (non-hydrogen) atoms. The zero-order valence-electron chi connectivity index (χ0n) is 11.8. The summed E-state index contributed by atoms with van der Waals surface area (Å²) in [6.45, 7) is 4.30. The Morgan fingerprint density at radius 2 is 2.17 bits per heavy atom. The van der Waals surface area contributed by atoms with Crippen LogP contribution in [0, 0.1) is 0 Å². The van der Waals surface area contributed by atoms with Crippen LogP contribution in [-0.2, 0) is 4.79 Å². The van der Waals surface area contributed by atoms with E-state index in [1.807, 2.05) is 11.8 Å². The van der Waals surface area contributed by atoms with Gasteiger partial charge in [-0.3, -0.25) is 10.1 Å². The predicted molar refractivity (Wildman–Crippen MR) is 77.7 cm³/mol. The number of nitrogens with one attached hydrogen (secondary N) is 1. The first kappa shape index (κ1) is 14.2. The van der Waals surface area contributed by atoms with Crippen molar-refractivity contribution in [1.82, 2.24) is 10.2 Å². The molecule has 2 aliphatic rings. The Kier molecular flexibility index (Phi) is 4.96. The fourth-order valence-corrected chi connectivity index (χ4v) is 4.38. The number of hydrogen-bond donors (Lipinski definition) is 1. The summed E-state index contributed by atoms with van der Waals surface area (Å²) >= 11 is 1.94. The maximum absolute atomic E-state index is 12.5. The monoisotopic (exact) mass is 270 g/mol. The Morgan fingerprint density at radius 3 is 2.78 bits per heavy atom. The highest BCUT2D eigenvalue weighted by Gasteiger charge is 2.44. The van der Waals surface area contributed by atoms with Gasteiger partial charge in [-0.2, -0.15) is 11.8 Å². The van der Waals surface area contributed by atoms with E-state index >= 15 is 0 Å². The molecule has 3 nitrogen and oxygen atoms in total. The van der Waals surface area contributed by atoms with Gasteiger partial charge in [0.25, 0.3) is 0 Å². The van der Waals surface area contributed by atoms with Crippen molar-refractivity contribution in [1.29, 1.82) is 0 Å². The summed E-state index contributed by atoms with van der Waals surface area (Å²) in [7, 11) is 0. The normalized spacial score (nSPS) is 36.6. The van der Waals surface area contributed by atoms with E-state index in [1.165, 1.54) is 19.3 Å². The Labute approximate surface area is 115 Å². The second-order valence-corrected chi connectivity index (χ2v) is 6.53.